The molecule has 0 amide bonds. The van der Waals surface area contributed by atoms with Crippen LogP contribution in [0.5, 0.6) is 0 Å². The molecule has 0 heterocycles. The van der Waals surface area contributed by atoms with Gasteiger partial charge in [-0.05, 0) is 0 Å². The number of hydrogen-bond donors (Lipinski definition) is 4. The van der Waals surface area contributed by atoms with Crippen molar-refractivity contribution < 1.29 is 32.4 Å². The molecule has 7 heteroatoms. The van der Waals surface area contributed by atoms with E-state index in [9.17, 15) is 0 Å². The quantitative estimate of drug-likeness (QED) is 0.322. The van der Waals surface area contributed by atoms with Gasteiger partial charge in [-0.15, -0.1) is 0 Å². The summed E-state index contributed by atoms with van der Waals surface area (Å²) in [7, 11) is 0. The van der Waals surface area contributed by atoms with Gasteiger partial charge in [0.25, 0.3) is 0 Å². The molecule has 0 aliphatic heterocycles. The van der Waals surface area contributed by atoms with Crippen LogP contribution in [0.15, 0.2) is 0 Å². The van der Waals surface area contributed by atoms with Crippen LogP contribution in [0.2, 0.25) is 0 Å². The topological polar surface area (TPSA) is 83.0 Å². The molecule has 0 saturated heterocycles. The molecule has 0 aliphatic carbocycles. The zero-order valence-electron chi connectivity index (χ0n) is 6.63. The Morgan fingerprint density at radius 2 is 1.45 bits per heavy atom. The summed E-state index contributed by atoms with van der Waals surface area (Å²) in [4.78, 5) is 0. The third kappa shape index (κ3) is 6.86. The van der Waals surface area contributed by atoms with Gasteiger partial charge in [-0.1, -0.05) is 0 Å². The molecule has 0 saturated carbocycles. The minimum absolute atomic E-state index is 0.490. The fraction of sp³-hybridized carbons (Fsp3) is 1.00. The minimum atomic E-state index is -4.44. The Morgan fingerprint density at radius 3 is 1.73 bits per heavy atom. The zero-order valence-corrected chi connectivity index (χ0v) is 8.19. The van der Waals surface area contributed by atoms with E-state index < -0.39 is 18.1 Å². The van der Waals surface area contributed by atoms with Crippen molar-refractivity contribution in [2.24, 2.45) is 0 Å². The first-order chi connectivity index (χ1) is 5.12. The van der Waals surface area contributed by atoms with E-state index in [2.05, 4.69) is 17.8 Å². The Kier molecular flexibility index (Phi) is 6.30. The van der Waals surface area contributed by atoms with Crippen molar-refractivity contribution in [2.75, 3.05) is 13.1 Å². The van der Waals surface area contributed by atoms with Crippen molar-refractivity contribution in [1.29, 1.82) is 0 Å². The predicted molar refractivity (Wildman–Crippen MR) is 34.0 cm³/mol. The van der Waals surface area contributed by atoms with E-state index in [0.29, 0.717) is 13.1 Å². The van der Waals surface area contributed by atoms with Crippen LogP contribution >= 0.6 is 0 Å². The first-order valence-electron chi connectivity index (χ1n) is 3.39. The molecular formula is C4H14N2O4Ti. The number of rotatable bonds is 6. The second-order valence-electron chi connectivity index (χ2n) is 1.75. The average molecular weight is 202 g/mol. The third-order valence-electron chi connectivity index (χ3n) is 0.699. The van der Waals surface area contributed by atoms with Crippen LogP contribution in [0.3, 0.4) is 0 Å². The number of nitrogens with one attached hydrogen (secondary N) is 2. The van der Waals surface area contributed by atoms with Crippen molar-refractivity contribution in [2.45, 2.75) is 13.8 Å². The fourth-order valence-corrected chi connectivity index (χ4v) is 1.46. The standard InChI is InChI=1S/2C2H6NO.2H2O.Ti/c2*1-2-3-4;;;/h2*3H,2H2,1H3;2*1H2;/q2*-1;;;+4/p-2. The summed E-state index contributed by atoms with van der Waals surface area (Å²) in [6, 6.07) is 0. The average Bonchev–Trinajstić information content (AvgIpc) is 1.97. The maximum absolute atomic E-state index is 8.95. The molecule has 0 radical (unpaired) electrons. The van der Waals surface area contributed by atoms with Crippen LogP contribution < -0.4 is 11.0 Å². The van der Waals surface area contributed by atoms with Gasteiger partial charge in [0.15, 0.2) is 0 Å². The predicted octanol–water partition coefficient (Wildman–Crippen LogP) is -1.13. The summed E-state index contributed by atoms with van der Waals surface area (Å²) >= 11 is -4.44. The van der Waals surface area contributed by atoms with Crippen molar-refractivity contribution in [1.82, 2.24) is 11.0 Å². The fourth-order valence-electron chi connectivity index (χ4n) is 0.353. The maximum atomic E-state index is 8.95. The summed E-state index contributed by atoms with van der Waals surface area (Å²) in [5.41, 5.74) is 4.63. The normalized spacial score (nSPS) is 12.0. The molecule has 68 valence electrons. The molecule has 0 aliphatic rings. The van der Waals surface area contributed by atoms with Gasteiger partial charge in [0.05, 0.1) is 0 Å². The van der Waals surface area contributed by atoms with Gasteiger partial charge >= 0.3 is 70.3 Å². The second-order valence-corrected chi connectivity index (χ2v) is 4.10. The van der Waals surface area contributed by atoms with Gasteiger partial charge < -0.3 is 0 Å². The first-order valence-corrected chi connectivity index (χ1v) is 6.06. The summed E-state index contributed by atoms with van der Waals surface area (Å²) < 4.78 is 26.8. The van der Waals surface area contributed by atoms with Crippen LogP contribution in [0.25, 0.3) is 0 Å². The van der Waals surface area contributed by atoms with Crippen LogP contribution in [0, 0.1) is 0 Å². The van der Waals surface area contributed by atoms with Gasteiger partial charge in [-0.2, -0.15) is 0 Å². The van der Waals surface area contributed by atoms with Crippen molar-refractivity contribution in [3.8, 4) is 0 Å². The van der Waals surface area contributed by atoms with Crippen LogP contribution in [-0.4, -0.2) is 20.5 Å². The van der Waals surface area contributed by atoms with E-state index >= 15 is 0 Å². The Hall–Kier alpha value is 0.474. The number of hydroxylamine groups is 2. The Labute approximate surface area is 70.7 Å². The molecule has 11 heavy (non-hydrogen) atoms. The Morgan fingerprint density at radius 1 is 1.09 bits per heavy atom. The Bertz CT molecular complexity index is 92.1. The van der Waals surface area contributed by atoms with Gasteiger partial charge in [0.2, 0.25) is 0 Å². The van der Waals surface area contributed by atoms with E-state index in [4.69, 9.17) is 7.38 Å². The second kappa shape index (κ2) is 6.04. The molecule has 0 fully saturated rings. The van der Waals surface area contributed by atoms with Crippen molar-refractivity contribution >= 4 is 0 Å². The molecule has 0 rings (SSSR count). The molecule has 0 atom stereocenters. The van der Waals surface area contributed by atoms with E-state index in [1.165, 1.54) is 0 Å². The molecule has 0 aromatic carbocycles. The molecule has 4 N–H and O–H groups in total. The SMILES string of the molecule is CCN[O][Ti]([OH])([OH])[O]NCC. The summed E-state index contributed by atoms with van der Waals surface area (Å²) in [6.07, 6.45) is 0. The van der Waals surface area contributed by atoms with Gasteiger partial charge in [-0.3, -0.25) is 0 Å². The van der Waals surface area contributed by atoms with E-state index in [-0.39, 0.29) is 0 Å². The first kappa shape index (κ1) is 11.5. The summed E-state index contributed by atoms with van der Waals surface area (Å²) in [5, 5.41) is 0. The zero-order chi connectivity index (χ0) is 8.74. The van der Waals surface area contributed by atoms with Gasteiger partial charge in [-0.25, -0.2) is 0 Å². The van der Waals surface area contributed by atoms with E-state index in [1.54, 1.807) is 13.8 Å². The van der Waals surface area contributed by atoms with Crippen LogP contribution in [0.4, 0.5) is 0 Å². The van der Waals surface area contributed by atoms with Crippen molar-refractivity contribution in [3.63, 3.8) is 0 Å². The Balaban J connectivity index is 3.43. The van der Waals surface area contributed by atoms with Crippen LogP contribution in [-0.2, 0) is 25.0 Å². The molecule has 0 spiro atoms. The molecule has 0 bridgehead atoms. The van der Waals surface area contributed by atoms with Crippen molar-refractivity contribution in [3.05, 3.63) is 0 Å². The van der Waals surface area contributed by atoms with E-state index in [1.807, 2.05) is 0 Å². The monoisotopic (exact) mass is 202 g/mol. The van der Waals surface area contributed by atoms with Gasteiger partial charge in [0, 0.05) is 0 Å². The molecule has 0 unspecified atom stereocenters. The summed E-state index contributed by atoms with van der Waals surface area (Å²) in [6.45, 7) is 4.52. The molecule has 0 aromatic rings. The van der Waals surface area contributed by atoms with Crippen LogP contribution in [0.1, 0.15) is 13.8 Å². The molecular weight excluding hydrogens is 188 g/mol. The molecule has 6 nitrogen and oxygen atoms in total. The molecule has 0 aromatic heterocycles. The number of hydrogen-bond acceptors (Lipinski definition) is 6. The van der Waals surface area contributed by atoms with E-state index in [0.717, 1.165) is 0 Å². The van der Waals surface area contributed by atoms with Gasteiger partial charge in [0.1, 0.15) is 0 Å². The third-order valence-corrected chi connectivity index (χ3v) is 1.98. The summed E-state index contributed by atoms with van der Waals surface area (Å²) in [5.74, 6) is 0.